The average Bonchev–Trinajstić information content (AvgIpc) is 3.23. The molecular weight excluding hydrogens is 640 g/mol. The molecule has 3 aliphatic carbocycles. The number of amides is 2. The van der Waals surface area contributed by atoms with Gasteiger partial charge in [0.2, 0.25) is 11.8 Å². The SMILES string of the molecule is CN(C)c1c([N+](=O)[O-])cc(N2C(=O)C3CC=C4C(c5ccccc5O)C5=C(CC4C3C2=O)C(=O)C(Br)=CC5=O)cc1[N+](=O)[O-]. The predicted octanol–water partition coefficient (Wildman–Crippen LogP) is 4.24. The molecule has 2 aromatic rings. The van der Waals surface area contributed by atoms with Crippen LogP contribution in [0.4, 0.5) is 22.7 Å². The number of aromatic hydroxyl groups is 1. The smallest absolute Gasteiger partial charge is 0.301 e. The van der Waals surface area contributed by atoms with Crippen LogP contribution in [0.3, 0.4) is 0 Å². The van der Waals surface area contributed by atoms with E-state index in [0.717, 1.165) is 17.0 Å². The number of ketones is 2. The zero-order valence-electron chi connectivity index (χ0n) is 23.2. The first-order chi connectivity index (χ1) is 20.8. The number of carbonyl (C=O) groups excluding carboxylic acids is 4. The lowest BCUT2D eigenvalue weighted by Gasteiger charge is -2.42. The number of carbonyl (C=O) groups is 4. The van der Waals surface area contributed by atoms with Crippen molar-refractivity contribution >= 4 is 62.1 Å². The van der Waals surface area contributed by atoms with Gasteiger partial charge in [-0.1, -0.05) is 29.8 Å². The van der Waals surface area contributed by atoms with E-state index in [9.17, 15) is 44.5 Å². The number of Topliss-reactive ketones (excluding diaryl/α,β-unsaturated/α-hetero) is 1. The van der Waals surface area contributed by atoms with Crippen LogP contribution in [0.1, 0.15) is 24.3 Å². The molecule has 4 aliphatic rings. The zero-order chi connectivity index (χ0) is 31.8. The first-order valence-corrected chi connectivity index (χ1v) is 14.3. The number of allylic oxidation sites excluding steroid dienone is 6. The molecule has 6 rings (SSSR count). The van der Waals surface area contributed by atoms with Gasteiger partial charge in [-0.05, 0) is 40.8 Å². The van der Waals surface area contributed by atoms with Crippen LogP contribution < -0.4 is 9.80 Å². The van der Waals surface area contributed by atoms with E-state index < -0.39 is 68.3 Å². The second-order valence-electron chi connectivity index (χ2n) is 11.2. The molecule has 2 amide bonds. The fourth-order valence-electron chi connectivity index (χ4n) is 7.00. The summed E-state index contributed by atoms with van der Waals surface area (Å²) >= 11 is 3.16. The highest BCUT2D eigenvalue weighted by atomic mass is 79.9. The van der Waals surface area contributed by atoms with Crippen molar-refractivity contribution in [2.24, 2.45) is 17.8 Å². The number of phenols is 1. The number of phenolic OH excluding ortho intramolecular Hbond substituents is 1. The van der Waals surface area contributed by atoms with Crippen molar-refractivity contribution in [3.63, 3.8) is 0 Å². The van der Waals surface area contributed by atoms with Crippen molar-refractivity contribution < 1.29 is 34.1 Å². The molecule has 0 spiro atoms. The van der Waals surface area contributed by atoms with E-state index in [1.54, 1.807) is 24.3 Å². The highest BCUT2D eigenvalue weighted by molar-refractivity contribution is 9.12. The number of hydrogen-bond donors (Lipinski definition) is 1. The fourth-order valence-corrected chi connectivity index (χ4v) is 7.45. The molecule has 1 fully saturated rings. The molecule has 1 aliphatic heterocycles. The number of hydrogen-bond acceptors (Lipinski definition) is 10. The molecule has 0 bridgehead atoms. The van der Waals surface area contributed by atoms with Crippen LogP contribution in [0, 0.1) is 38.0 Å². The van der Waals surface area contributed by atoms with Gasteiger partial charge in [-0.2, -0.15) is 0 Å². The third-order valence-corrected chi connectivity index (χ3v) is 9.32. The molecule has 1 heterocycles. The molecule has 14 heteroatoms. The molecule has 224 valence electrons. The first-order valence-electron chi connectivity index (χ1n) is 13.5. The molecule has 1 N–H and O–H groups in total. The molecule has 0 saturated carbocycles. The second kappa shape index (κ2) is 10.3. The van der Waals surface area contributed by atoms with Gasteiger partial charge in [-0.25, -0.2) is 4.90 Å². The highest BCUT2D eigenvalue weighted by Gasteiger charge is 2.57. The van der Waals surface area contributed by atoms with Crippen LogP contribution in [0.5, 0.6) is 5.75 Å². The van der Waals surface area contributed by atoms with E-state index in [-0.39, 0.29) is 45.6 Å². The number of anilines is 2. The van der Waals surface area contributed by atoms with E-state index in [2.05, 4.69) is 15.9 Å². The molecule has 1 saturated heterocycles. The number of benzene rings is 2. The largest absolute Gasteiger partial charge is 0.508 e. The quantitative estimate of drug-likeness (QED) is 0.160. The molecule has 0 radical (unpaired) electrons. The molecule has 2 aromatic carbocycles. The van der Waals surface area contributed by atoms with Crippen molar-refractivity contribution in [2.45, 2.75) is 18.8 Å². The van der Waals surface area contributed by atoms with Crippen LogP contribution in [0.15, 0.2) is 69.8 Å². The molecule has 13 nitrogen and oxygen atoms in total. The van der Waals surface area contributed by atoms with E-state index >= 15 is 0 Å². The molecule has 4 atom stereocenters. The summed E-state index contributed by atoms with van der Waals surface area (Å²) in [6, 6.07) is 8.32. The third kappa shape index (κ3) is 4.19. The monoisotopic (exact) mass is 662 g/mol. The highest BCUT2D eigenvalue weighted by Crippen LogP contribution is 2.57. The first kappa shape index (κ1) is 29.1. The van der Waals surface area contributed by atoms with Crippen LogP contribution >= 0.6 is 15.9 Å². The molecule has 4 unspecified atom stereocenters. The summed E-state index contributed by atoms with van der Waals surface area (Å²) in [5, 5.41) is 34.7. The minimum absolute atomic E-state index is 0.0351. The third-order valence-electron chi connectivity index (χ3n) is 8.73. The number of para-hydroxylation sites is 1. The zero-order valence-corrected chi connectivity index (χ0v) is 24.8. The van der Waals surface area contributed by atoms with Gasteiger partial charge in [0, 0.05) is 54.9 Å². The van der Waals surface area contributed by atoms with Gasteiger partial charge in [0.05, 0.1) is 31.9 Å². The maximum atomic E-state index is 14.2. The minimum Gasteiger partial charge on any atom is -0.508 e. The van der Waals surface area contributed by atoms with Crippen molar-refractivity contribution in [3.8, 4) is 5.75 Å². The Morgan fingerprint density at radius 3 is 2.20 bits per heavy atom. The maximum absolute atomic E-state index is 14.2. The number of rotatable bonds is 5. The molecule has 0 aromatic heterocycles. The van der Waals surface area contributed by atoms with Gasteiger partial charge in [-0.15, -0.1) is 0 Å². The van der Waals surface area contributed by atoms with E-state index in [1.807, 2.05) is 0 Å². The summed E-state index contributed by atoms with van der Waals surface area (Å²) in [6.45, 7) is 0. The minimum atomic E-state index is -1.02. The van der Waals surface area contributed by atoms with Crippen molar-refractivity contribution in [2.75, 3.05) is 23.9 Å². The Kier molecular flexibility index (Phi) is 6.83. The van der Waals surface area contributed by atoms with Gasteiger partial charge in [0.1, 0.15) is 5.75 Å². The Balaban J connectivity index is 1.49. The summed E-state index contributed by atoms with van der Waals surface area (Å²) in [5.74, 6) is -5.91. The molecular formula is C30H23BrN4O9. The Bertz CT molecular complexity index is 1810. The summed E-state index contributed by atoms with van der Waals surface area (Å²) in [5.41, 5.74) is -0.571. The van der Waals surface area contributed by atoms with Gasteiger partial charge in [0.15, 0.2) is 17.3 Å². The van der Waals surface area contributed by atoms with Gasteiger partial charge in [0.25, 0.3) is 0 Å². The number of nitro groups is 2. The van der Waals surface area contributed by atoms with Crippen LogP contribution in [-0.4, -0.2) is 52.4 Å². The normalized spacial score (nSPS) is 24.4. The predicted molar refractivity (Wildman–Crippen MR) is 159 cm³/mol. The number of fused-ring (bicyclic) bond motifs is 3. The van der Waals surface area contributed by atoms with Crippen molar-refractivity contribution in [1.82, 2.24) is 0 Å². The van der Waals surface area contributed by atoms with E-state index in [1.165, 1.54) is 31.1 Å². The fraction of sp³-hybridized carbons (Fsp3) is 0.267. The topological polar surface area (TPSA) is 181 Å². The lowest BCUT2D eigenvalue weighted by molar-refractivity contribution is -0.392. The average molecular weight is 663 g/mol. The van der Waals surface area contributed by atoms with Crippen LogP contribution in [0.25, 0.3) is 0 Å². The maximum Gasteiger partial charge on any atom is 0.301 e. The van der Waals surface area contributed by atoms with Crippen LogP contribution in [-0.2, 0) is 19.2 Å². The van der Waals surface area contributed by atoms with Gasteiger partial charge in [-0.3, -0.25) is 39.4 Å². The number of halogens is 1. The summed E-state index contributed by atoms with van der Waals surface area (Å²) in [7, 11) is 2.81. The van der Waals surface area contributed by atoms with Crippen molar-refractivity contribution in [1.29, 1.82) is 0 Å². The Morgan fingerprint density at radius 1 is 0.977 bits per heavy atom. The number of nitro benzene ring substituents is 2. The van der Waals surface area contributed by atoms with Crippen molar-refractivity contribution in [3.05, 3.63) is 95.5 Å². The lowest BCUT2D eigenvalue weighted by atomic mass is 9.59. The lowest BCUT2D eigenvalue weighted by Crippen LogP contribution is -2.39. The molecule has 44 heavy (non-hydrogen) atoms. The van der Waals surface area contributed by atoms with Gasteiger partial charge >= 0.3 is 11.4 Å². The summed E-state index contributed by atoms with van der Waals surface area (Å²) in [6.07, 6.45) is 2.98. The second-order valence-corrected chi connectivity index (χ2v) is 12.1. The van der Waals surface area contributed by atoms with E-state index in [0.29, 0.717) is 11.1 Å². The standard InChI is InChI=1S/C30H23BrN4O9/c1-32(2)27-20(34(41)42)9-13(10-21(27)35(43)44)33-29(39)16-8-7-14-17(25(16)30(33)40)11-18-26(23(37)12-19(31)28(18)38)24(14)15-5-3-4-6-22(15)36/h3-7,9-10,12,16-17,24-25,36H,8,11H2,1-2H3. The number of nitrogens with zero attached hydrogens (tertiary/aromatic N) is 4. The van der Waals surface area contributed by atoms with Gasteiger partial charge < -0.3 is 10.0 Å². The number of imide groups is 1. The Labute approximate surface area is 257 Å². The summed E-state index contributed by atoms with van der Waals surface area (Å²) in [4.78, 5) is 78.9. The Hall–Kier alpha value is -4.98. The Morgan fingerprint density at radius 2 is 1.61 bits per heavy atom. The summed E-state index contributed by atoms with van der Waals surface area (Å²) < 4.78 is 0.0492. The van der Waals surface area contributed by atoms with E-state index in [4.69, 9.17) is 0 Å². The van der Waals surface area contributed by atoms with Crippen LogP contribution in [0.2, 0.25) is 0 Å².